The van der Waals surface area contributed by atoms with E-state index in [0.29, 0.717) is 36.8 Å². The fourth-order valence-corrected chi connectivity index (χ4v) is 2.24. The molecule has 6 heteroatoms. The second kappa shape index (κ2) is 10.6. The van der Waals surface area contributed by atoms with Gasteiger partial charge in [0.05, 0.1) is 21.3 Å². The average molecular weight is 324 g/mol. The Morgan fingerprint density at radius 1 is 0.957 bits per heavy atom. The summed E-state index contributed by atoms with van der Waals surface area (Å²) in [5.74, 6) is 1.80. The fourth-order valence-electron chi connectivity index (χ4n) is 2.24. The van der Waals surface area contributed by atoms with Crippen LogP contribution in [0, 0.1) is 0 Å². The van der Waals surface area contributed by atoms with E-state index >= 15 is 0 Å². The van der Waals surface area contributed by atoms with Crippen LogP contribution in [0.4, 0.5) is 4.79 Å². The van der Waals surface area contributed by atoms with Crippen LogP contribution in [0.25, 0.3) is 0 Å². The summed E-state index contributed by atoms with van der Waals surface area (Å²) in [4.78, 5) is 11.7. The molecule has 0 aromatic heterocycles. The molecule has 2 amide bonds. The Morgan fingerprint density at radius 2 is 1.57 bits per heavy atom. The molecule has 0 atom stereocenters. The number of urea groups is 1. The van der Waals surface area contributed by atoms with Crippen molar-refractivity contribution in [1.29, 1.82) is 0 Å². The lowest BCUT2D eigenvalue weighted by Gasteiger charge is -2.14. The van der Waals surface area contributed by atoms with Crippen LogP contribution in [0.5, 0.6) is 17.2 Å². The molecule has 6 nitrogen and oxygen atoms in total. The third-order valence-electron chi connectivity index (χ3n) is 3.49. The summed E-state index contributed by atoms with van der Waals surface area (Å²) in [5, 5.41) is 5.70. The van der Waals surface area contributed by atoms with Crippen molar-refractivity contribution in [1.82, 2.24) is 10.6 Å². The number of rotatable bonds is 10. The maximum atomic E-state index is 11.7. The maximum absolute atomic E-state index is 11.7. The first kappa shape index (κ1) is 18.9. The van der Waals surface area contributed by atoms with Gasteiger partial charge < -0.3 is 24.8 Å². The van der Waals surface area contributed by atoms with E-state index in [1.54, 1.807) is 21.3 Å². The molecule has 0 saturated heterocycles. The minimum absolute atomic E-state index is 0.131. The number of methoxy groups -OCH3 is 3. The predicted octanol–water partition coefficient (Wildman–Crippen LogP) is 2.74. The minimum atomic E-state index is -0.131. The van der Waals surface area contributed by atoms with Crippen molar-refractivity contribution in [2.24, 2.45) is 0 Å². The first-order valence-electron chi connectivity index (χ1n) is 7.96. The molecule has 0 bridgehead atoms. The number of hydrogen-bond donors (Lipinski definition) is 2. The quantitative estimate of drug-likeness (QED) is 0.649. The largest absolute Gasteiger partial charge is 0.493 e. The lowest BCUT2D eigenvalue weighted by molar-refractivity contribution is 0.241. The van der Waals surface area contributed by atoms with E-state index in [9.17, 15) is 4.79 Å². The summed E-state index contributed by atoms with van der Waals surface area (Å²) in [6.07, 6.45) is 3.96. The van der Waals surface area contributed by atoms with Gasteiger partial charge in [-0.2, -0.15) is 0 Å². The highest BCUT2D eigenvalue weighted by Crippen LogP contribution is 2.38. The van der Waals surface area contributed by atoms with E-state index in [0.717, 1.165) is 24.8 Å². The van der Waals surface area contributed by atoms with Crippen molar-refractivity contribution >= 4 is 6.03 Å². The zero-order chi connectivity index (χ0) is 17.1. The van der Waals surface area contributed by atoms with Gasteiger partial charge in [0.25, 0.3) is 0 Å². The molecular formula is C17H28N2O4. The topological polar surface area (TPSA) is 68.8 Å². The van der Waals surface area contributed by atoms with Crippen molar-refractivity contribution in [2.75, 3.05) is 34.4 Å². The maximum Gasteiger partial charge on any atom is 0.314 e. The Morgan fingerprint density at radius 3 is 2.09 bits per heavy atom. The predicted molar refractivity (Wildman–Crippen MR) is 90.7 cm³/mol. The number of nitrogens with one attached hydrogen (secondary N) is 2. The Bertz CT molecular complexity index is 466. The van der Waals surface area contributed by atoms with E-state index in [4.69, 9.17) is 14.2 Å². The van der Waals surface area contributed by atoms with Gasteiger partial charge in [0.15, 0.2) is 11.5 Å². The lowest BCUT2D eigenvalue weighted by Crippen LogP contribution is -2.37. The van der Waals surface area contributed by atoms with Gasteiger partial charge in [-0.1, -0.05) is 19.8 Å². The van der Waals surface area contributed by atoms with Crippen LogP contribution >= 0.6 is 0 Å². The molecule has 1 aromatic carbocycles. The number of unbranched alkanes of at least 4 members (excludes halogenated alkanes) is 2. The molecule has 0 aliphatic carbocycles. The molecule has 0 aliphatic heterocycles. The lowest BCUT2D eigenvalue weighted by atomic mass is 10.1. The zero-order valence-corrected chi connectivity index (χ0v) is 14.5. The van der Waals surface area contributed by atoms with Crippen LogP contribution in [0.3, 0.4) is 0 Å². The average Bonchev–Trinajstić information content (AvgIpc) is 2.57. The summed E-state index contributed by atoms with van der Waals surface area (Å²) in [5.41, 5.74) is 1.01. The van der Waals surface area contributed by atoms with Crippen LogP contribution in [0.1, 0.15) is 31.7 Å². The molecule has 23 heavy (non-hydrogen) atoms. The number of carbonyl (C=O) groups is 1. The summed E-state index contributed by atoms with van der Waals surface area (Å²) in [7, 11) is 4.75. The molecule has 0 aliphatic rings. The second-order valence-electron chi connectivity index (χ2n) is 5.17. The first-order chi connectivity index (χ1) is 11.2. The molecule has 0 spiro atoms. The number of ether oxygens (including phenoxy) is 3. The third-order valence-corrected chi connectivity index (χ3v) is 3.49. The SMILES string of the molecule is CCCCCNC(=O)NCCc1cc(OC)c(OC)c(OC)c1. The molecule has 1 rings (SSSR count). The number of carbonyl (C=O) groups excluding carboxylic acids is 1. The van der Waals surface area contributed by atoms with Gasteiger partial charge in [0.2, 0.25) is 5.75 Å². The number of benzene rings is 1. The van der Waals surface area contributed by atoms with E-state index in [-0.39, 0.29) is 6.03 Å². The van der Waals surface area contributed by atoms with E-state index < -0.39 is 0 Å². The van der Waals surface area contributed by atoms with Crippen LogP contribution in [0.15, 0.2) is 12.1 Å². The van der Waals surface area contributed by atoms with Gasteiger partial charge in [-0.15, -0.1) is 0 Å². The van der Waals surface area contributed by atoms with Crippen molar-refractivity contribution in [2.45, 2.75) is 32.6 Å². The fraction of sp³-hybridized carbons (Fsp3) is 0.588. The van der Waals surface area contributed by atoms with Gasteiger partial charge in [-0.3, -0.25) is 0 Å². The second-order valence-corrected chi connectivity index (χ2v) is 5.17. The van der Waals surface area contributed by atoms with Crippen LogP contribution < -0.4 is 24.8 Å². The molecule has 0 fully saturated rings. The highest BCUT2D eigenvalue weighted by molar-refractivity contribution is 5.73. The summed E-state index contributed by atoms with van der Waals surface area (Å²) in [6.45, 7) is 3.39. The van der Waals surface area contributed by atoms with Crippen molar-refractivity contribution in [3.63, 3.8) is 0 Å². The third kappa shape index (κ3) is 6.26. The van der Waals surface area contributed by atoms with Crippen LogP contribution in [0.2, 0.25) is 0 Å². The molecule has 1 aromatic rings. The van der Waals surface area contributed by atoms with Gasteiger partial charge in [-0.05, 0) is 30.5 Å². The Hall–Kier alpha value is -2.11. The minimum Gasteiger partial charge on any atom is -0.493 e. The Labute approximate surface area is 138 Å². The van der Waals surface area contributed by atoms with Gasteiger partial charge >= 0.3 is 6.03 Å². The monoisotopic (exact) mass is 324 g/mol. The van der Waals surface area contributed by atoms with E-state index in [1.165, 1.54) is 0 Å². The molecule has 130 valence electrons. The summed E-state index contributed by atoms with van der Waals surface area (Å²) >= 11 is 0. The highest BCUT2D eigenvalue weighted by Gasteiger charge is 2.13. The normalized spacial score (nSPS) is 10.1. The van der Waals surface area contributed by atoms with Crippen molar-refractivity contribution < 1.29 is 19.0 Å². The molecule has 0 radical (unpaired) electrons. The smallest absolute Gasteiger partial charge is 0.314 e. The van der Waals surface area contributed by atoms with Crippen molar-refractivity contribution in [3.8, 4) is 17.2 Å². The summed E-state index contributed by atoms with van der Waals surface area (Å²) in [6, 6.07) is 3.65. The number of hydrogen-bond acceptors (Lipinski definition) is 4. The van der Waals surface area contributed by atoms with Gasteiger partial charge in [-0.25, -0.2) is 4.79 Å². The van der Waals surface area contributed by atoms with Crippen molar-refractivity contribution in [3.05, 3.63) is 17.7 Å². The first-order valence-corrected chi connectivity index (χ1v) is 7.96. The van der Waals surface area contributed by atoms with Gasteiger partial charge in [0, 0.05) is 13.1 Å². The molecular weight excluding hydrogens is 296 g/mol. The highest BCUT2D eigenvalue weighted by atomic mass is 16.5. The molecule has 0 saturated carbocycles. The van der Waals surface area contributed by atoms with Crippen LogP contribution in [-0.2, 0) is 6.42 Å². The van der Waals surface area contributed by atoms with E-state index in [1.807, 2.05) is 12.1 Å². The zero-order valence-electron chi connectivity index (χ0n) is 14.5. The van der Waals surface area contributed by atoms with Crippen LogP contribution in [-0.4, -0.2) is 40.5 Å². The Kier molecular flexibility index (Phi) is 8.72. The molecule has 0 unspecified atom stereocenters. The number of amides is 2. The summed E-state index contributed by atoms with van der Waals surface area (Å²) < 4.78 is 15.9. The Balaban J connectivity index is 2.50. The van der Waals surface area contributed by atoms with E-state index in [2.05, 4.69) is 17.6 Å². The molecule has 2 N–H and O–H groups in total. The molecule has 0 heterocycles. The van der Waals surface area contributed by atoms with Gasteiger partial charge in [0.1, 0.15) is 0 Å². The standard InChI is InChI=1S/C17H28N2O4/c1-5-6-7-9-18-17(20)19-10-8-13-11-14(21-2)16(23-4)15(12-13)22-3/h11-12H,5-10H2,1-4H3,(H2,18,19,20).